The molecule has 0 bridgehead atoms. The molecule has 0 aliphatic carbocycles. The number of hydrogen-bond donors (Lipinski definition) is 13. The number of nitrogens with one attached hydrogen (secondary N) is 5. The quantitative estimate of drug-likeness (QED) is 0.0573. The molecule has 6 atom stereocenters. The molecule has 248 valence electrons. The van der Waals surface area contributed by atoms with Gasteiger partial charge in [-0.2, -0.15) is 75.8 Å². The number of carboxylic acids is 1. The number of amides is 5. The van der Waals surface area contributed by atoms with Crippen molar-refractivity contribution in [1.82, 2.24) is 26.6 Å². The molecule has 0 aromatic carbocycles. The molecule has 0 aliphatic heterocycles. The zero-order valence-electron chi connectivity index (χ0n) is 23.6. The monoisotopic (exact) mass is 720 g/mol. The van der Waals surface area contributed by atoms with Crippen LogP contribution in [0.4, 0.5) is 0 Å². The topological polar surface area (TPSA) is 209 Å². The summed E-state index contributed by atoms with van der Waals surface area (Å²) < 4.78 is 0. The van der Waals surface area contributed by atoms with Gasteiger partial charge in [-0.1, -0.05) is 0 Å². The van der Waals surface area contributed by atoms with E-state index in [2.05, 4.69) is 102 Å². The van der Waals surface area contributed by atoms with Crippen LogP contribution in [0.5, 0.6) is 0 Å². The summed E-state index contributed by atoms with van der Waals surface area (Å²) >= 11 is 24.7. The zero-order valence-corrected chi connectivity index (χ0v) is 29.0. The summed E-state index contributed by atoms with van der Waals surface area (Å²) in [6.07, 6.45) is 0.807. The summed E-state index contributed by atoms with van der Waals surface area (Å²) in [5.41, 5.74) is 5.81. The van der Waals surface area contributed by atoms with Crippen LogP contribution in [0, 0.1) is 0 Å². The van der Waals surface area contributed by atoms with Crippen LogP contribution in [0.2, 0.25) is 0 Å². The molecule has 0 aromatic heterocycles. The molecule has 0 aliphatic rings. The molecule has 0 heterocycles. The van der Waals surface area contributed by atoms with Crippen LogP contribution in [-0.2, 0) is 28.8 Å². The van der Waals surface area contributed by atoms with E-state index in [0.717, 1.165) is 0 Å². The first-order chi connectivity index (χ1) is 20.4. The highest BCUT2D eigenvalue weighted by Gasteiger charge is 2.32. The molecule has 19 heteroatoms. The van der Waals surface area contributed by atoms with E-state index in [0.29, 0.717) is 12.2 Å². The van der Waals surface area contributed by atoms with Crippen molar-refractivity contribution in [3.63, 3.8) is 0 Å². The molecule has 0 fully saturated rings. The maximum absolute atomic E-state index is 13.2. The number of thiol groups is 6. The maximum Gasteiger partial charge on any atom is 0.326 e. The molecule has 43 heavy (non-hydrogen) atoms. The Morgan fingerprint density at radius 2 is 0.674 bits per heavy atom. The molecule has 0 saturated carbocycles. The Balaban J connectivity index is 5.66. The molecule has 0 aromatic rings. The van der Waals surface area contributed by atoms with Gasteiger partial charge < -0.3 is 37.4 Å². The average Bonchev–Trinajstić information content (AvgIpc) is 2.95. The molecule has 0 spiro atoms. The van der Waals surface area contributed by atoms with Crippen molar-refractivity contribution in [3.05, 3.63) is 0 Å². The number of rotatable bonds is 23. The molecular weight excluding hydrogens is 677 g/mol. The minimum Gasteiger partial charge on any atom is -0.480 e. The van der Waals surface area contributed by atoms with Gasteiger partial charge in [0.05, 0.1) is 6.04 Å². The first-order valence-electron chi connectivity index (χ1n) is 13.6. The number of hydrogen-bond acceptors (Lipinski definition) is 13. The second-order valence-corrected chi connectivity index (χ2v) is 12.0. The molecule has 13 nitrogen and oxygen atoms in total. The fraction of sp³-hybridized carbons (Fsp3) is 0.750. The third-order valence-corrected chi connectivity index (χ3v) is 7.56. The van der Waals surface area contributed by atoms with E-state index in [4.69, 9.17) is 5.73 Å². The van der Waals surface area contributed by atoms with E-state index in [-0.39, 0.29) is 60.9 Å². The normalized spacial score (nSPS) is 15.1. The van der Waals surface area contributed by atoms with Crippen LogP contribution in [-0.4, -0.2) is 111 Å². The minimum atomic E-state index is -1.24. The molecular formula is C24H44N6O7S6. The van der Waals surface area contributed by atoms with Gasteiger partial charge in [-0.25, -0.2) is 4.79 Å². The Kier molecular flexibility index (Phi) is 23.5. The first-order valence-corrected chi connectivity index (χ1v) is 17.3. The van der Waals surface area contributed by atoms with Gasteiger partial charge in [0.25, 0.3) is 0 Å². The van der Waals surface area contributed by atoms with Crippen LogP contribution >= 0.6 is 75.8 Å². The highest BCUT2D eigenvalue weighted by Crippen LogP contribution is 2.06. The van der Waals surface area contributed by atoms with Crippen LogP contribution < -0.4 is 32.3 Å². The second kappa shape index (κ2) is 24.2. The molecule has 0 unspecified atom stereocenters. The maximum atomic E-state index is 13.2. The van der Waals surface area contributed by atoms with Gasteiger partial charge in [0.2, 0.25) is 29.5 Å². The largest absolute Gasteiger partial charge is 0.480 e. The Hall–Kier alpha value is -1.12. The van der Waals surface area contributed by atoms with Gasteiger partial charge >= 0.3 is 5.97 Å². The van der Waals surface area contributed by atoms with Crippen molar-refractivity contribution in [2.45, 2.75) is 74.8 Å². The van der Waals surface area contributed by atoms with Crippen molar-refractivity contribution in [3.8, 4) is 0 Å². The van der Waals surface area contributed by atoms with Crippen LogP contribution in [0.15, 0.2) is 0 Å². The predicted molar refractivity (Wildman–Crippen MR) is 186 cm³/mol. The number of carbonyl (C=O) groups excluding carboxylic acids is 5. The smallest absolute Gasteiger partial charge is 0.326 e. The summed E-state index contributed by atoms with van der Waals surface area (Å²) in [5, 5.41) is 22.0. The summed E-state index contributed by atoms with van der Waals surface area (Å²) in [6, 6.07) is -6.45. The number of carbonyl (C=O) groups is 6. The summed E-state index contributed by atoms with van der Waals surface area (Å²) in [5.74, 6) is -3.10. The van der Waals surface area contributed by atoms with Gasteiger partial charge in [0, 0.05) is 0 Å². The van der Waals surface area contributed by atoms with E-state index in [1.165, 1.54) is 0 Å². The number of nitrogens with two attached hydrogens (primary N) is 1. The van der Waals surface area contributed by atoms with E-state index >= 15 is 0 Å². The van der Waals surface area contributed by atoms with E-state index in [9.17, 15) is 33.9 Å². The van der Waals surface area contributed by atoms with Gasteiger partial charge in [-0.15, -0.1) is 0 Å². The predicted octanol–water partition coefficient (Wildman–Crippen LogP) is -1.26. The van der Waals surface area contributed by atoms with Crippen molar-refractivity contribution in [1.29, 1.82) is 0 Å². The van der Waals surface area contributed by atoms with Gasteiger partial charge in [0.15, 0.2) is 0 Å². The SMILES string of the molecule is N[C@@H](CCS)C(=O)N[C@@H](CCS)C(=O)N[C@@H](CCS)C(=O)N[C@@H](CCS)C(=O)N[C@@H](CCS)C(=O)N[C@@H](CCS)C(=O)O. The lowest BCUT2D eigenvalue weighted by Crippen LogP contribution is -2.59. The van der Waals surface area contributed by atoms with Crippen molar-refractivity contribution >= 4 is 111 Å². The molecule has 0 saturated heterocycles. The van der Waals surface area contributed by atoms with Gasteiger partial charge in [-0.3, -0.25) is 24.0 Å². The van der Waals surface area contributed by atoms with Crippen LogP contribution in [0.25, 0.3) is 0 Å². The van der Waals surface area contributed by atoms with Crippen molar-refractivity contribution in [2.75, 3.05) is 34.5 Å². The lowest BCUT2D eigenvalue weighted by atomic mass is 10.1. The molecule has 8 N–H and O–H groups in total. The first kappa shape index (κ1) is 41.9. The highest BCUT2D eigenvalue weighted by atomic mass is 32.1. The Morgan fingerprint density at radius 3 is 0.930 bits per heavy atom. The molecule has 0 radical (unpaired) electrons. The Morgan fingerprint density at radius 1 is 0.442 bits per heavy atom. The summed E-state index contributed by atoms with van der Waals surface area (Å²) in [4.78, 5) is 76.1. The van der Waals surface area contributed by atoms with Crippen molar-refractivity contribution in [2.24, 2.45) is 5.73 Å². The standard InChI is InChI=1S/C24H44N6O7S6/c25-13(1-7-38)19(31)26-14(2-8-39)20(32)27-15(3-9-40)21(33)28-16(4-10-41)22(34)29-17(5-11-42)23(35)30-18(6-12-43)24(36)37/h13-18,38-43H,1-12,25H2,(H,26,31)(H,27,32)(H,28,33)(H,29,34)(H,30,35)(H,36,37)/t13-,14-,15-,16-,17-,18-/m0/s1. The number of carboxylic acid groups (broad SMARTS) is 1. The molecule has 0 rings (SSSR count). The third-order valence-electron chi connectivity index (χ3n) is 6.01. The van der Waals surface area contributed by atoms with E-state index in [1.807, 2.05) is 0 Å². The van der Waals surface area contributed by atoms with Crippen LogP contribution in [0.3, 0.4) is 0 Å². The van der Waals surface area contributed by atoms with E-state index < -0.39 is 71.8 Å². The number of aliphatic carboxylic acids is 1. The molecule has 5 amide bonds. The van der Waals surface area contributed by atoms with E-state index in [1.54, 1.807) is 0 Å². The highest BCUT2D eigenvalue weighted by molar-refractivity contribution is 7.81. The zero-order chi connectivity index (χ0) is 32.9. The second-order valence-electron chi connectivity index (χ2n) is 9.32. The fourth-order valence-electron chi connectivity index (χ4n) is 3.62. The lowest BCUT2D eigenvalue weighted by molar-refractivity contribution is -0.142. The van der Waals surface area contributed by atoms with Gasteiger partial charge in [0.1, 0.15) is 30.2 Å². The van der Waals surface area contributed by atoms with Crippen LogP contribution in [0.1, 0.15) is 38.5 Å². The third kappa shape index (κ3) is 16.7. The fourth-order valence-corrected chi connectivity index (χ4v) is 5.19. The van der Waals surface area contributed by atoms with Gasteiger partial charge in [-0.05, 0) is 73.0 Å². The summed E-state index contributed by atoms with van der Waals surface area (Å²) in [7, 11) is 0. The minimum absolute atomic E-state index is 0.0727. The summed E-state index contributed by atoms with van der Waals surface area (Å²) in [6.45, 7) is 0. The van der Waals surface area contributed by atoms with Crippen molar-refractivity contribution < 1.29 is 33.9 Å². The average molecular weight is 721 g/mol. The Labute approximate surface area is 285 Å². The Bertz CT molecular complexity index is 922. The lowest BCUT2D eigenvalue weighted by Gasteiger charge is -2.26.